The van der Waals surface area contributed by atoms with Crippen LogP contribution < -0.4 is 0 Å². The molecule has 0 N–H and O–H groups in total. The van der Waals surface area contributed by atoms with E-state index in [1.165, 1.54) is 0 Å². The number of rotatable bonds is 0. The molecule has 0 aliphatic carbocycles. The molecule has 2 rings (SSSR count). The van der Waals surface area contributed by atoms with Crippen LogP contribution in [0.25, 0.3) is 0 Å². The molecule has 2 aliphatic rings. The summed E-state index contributed by atoms with van der Waals surface area (Å²) in [6.07, 6.45) is 3.50. The summed E-state index contributed by atoms with van der Waals surface area (Å²) >= 11 is 17.6. The van der Waals surface area contributed by atoms with Crippen molar-refractivity contribution in [3.63, 3.8) is 0 Å². The third kappa shape index (κ3) is 1.11. The predicted octanol–water partition coefficient (Wildman–Crippen LogP) is 2.62. The van der Waals surface area contributed by atoms with Crippen molar-refractivity contribution in [3.05, 3.63) is 22.2 Å². The molecule has 2 heterocycles. The van der Waals surface area contributed by atoms with Gasteiger partial charge in [0.1, 0.15) is 11.5 Å². The Bertz CT molecular complexity index is 246. The first-order valence-corrected chi connectivity index (χ1v) is 4.42. The number of halogens is 3. The van der Waals surface area contributed by atoms with Gasteiger partial charge < -0.3 is 4.74 Å². The van der Waals surface area contributed by atoms with Gasteiger partial charge in [-0.3, -0.25) is 0 Å². The minimum Gasteiger partial charge on any atom is -0.359 e. The minimum atomic E-state index is -0.320. The van der Waals surface area contributed by atoms with Crippen LogP contribution in [-0.4, -0.2) is 17.6 Å². The van der Waals surface area contributed by atoms with Gasteiger partial charge in [-0.15, -0.1) is 11.6 Å². The Hall–Kier alpha value is 0.310. The van der Waals surface area contributed by atoms with E-state index in [1.54, 1.807) is 0 Å². The van der Waals surface area contributed by atoms with Gasteiger partial charge in [0.25, 0.3) is 0 Å². The van der Waals surface area contributed by atoms with Crippen LogP contribution in [0.15, 0.2) is 22.2 Å². The summed E-state index contributed by atoms with van der Waals surface area (Å²) in [5.74, 6) is 0. The predicted molar refractivity (Wildman–Crippen MR) is 46.2 cm³/mol. The first kappa shape index (κ1) is 7.93. The van der Waals surface area contributed by atoms with E-state index in [0.717, 1.165) is 0 Å². The van der Waals surface area contributed by atoms with E-state index >= 15 is 0 Å². The molecule has 0 amide bonds. The Labute approximate surface area is 79.6 Å². The van der Waals surface area contributed by atoms with Crippen LogP contribution in [0.3, 0.4) is 0 Å². The number of ether oxygens (including phenoxy) is 1. The minimum absolute atomic E-state index is 0.100. The van der Waals surface area contributed by atoms with Crippen LogP contribution in [0.4, 0.5) is 0 Å². The van der Waals surface area contributed by atoms with E-state index in [9.17, 15) is 0 Å². The second-order valence-electron chi connectivity index (χ2n) is 2.50. The maximum Gasteiger partial charge on any atom is 0.113 e. The van der Waals surface area contributed by atoms with E-state index in [-0.39, 0.29) is 17.6 Å². The summed E-state index contributed by atoms with van der Waals surface area (Å²) < 4.78 is 5.37. The van der Waals surface area contributed by atoms with Crippen molar-refractivity contribution in [2.45, 2.75) is 17.6 Å². The highest BCUT2D eigenvalue weighted by Crippen LogP contribution is 2.38. The van der Waals surface area contributed by atoms with Gasteiger partial charge in [-0.1, -0.05) is 35.4 Å². The smallest absolute Gasteiger partial charge is 0.113 e. The van der Waals surface area contributed by atoms with E-state index in [1.807, 2.05) is 12.2 Å². The second kappa shape index (κ2) is 2.67. The molecular formula is C7H5Cl3O. The summed E-state index contributed by atoms with van der Waals surface area (Å²) in [5, 5.41) is 0.704. The standard InChI is InChI=1S/C7H5Cl3O/c8-5-3-1-2-4(11-3)6(9)7(5)10/h1-5H/t3-,4+,5+/m0/s1. The van der Waals surface area contributed by atoms with Crippen LogP contribution >= 0.6 is 34.8 Å². The largest absolute Gasteiger partial charge is 0.359 e. The van der Waals surface area contributed by atoms with Crippen LogP contribution in [0.5, 0.6) is 0 Å². The van der Waals surface area contributed by atoms with Crippen molar-refractivity contribution in [3.8, 4) is 0 Å². The van der Waals surface area contributed by atoms with Crippen molar-refractivity contribution in [1.29, 1.82) is 0 Å². The number of fused-ring (bicyclic) bond motifs is 2. The summed E-state index contributed by atoms with van der Waals surface area (Å²) in [6, 6.07) is 0. The number of hydrogen-bond donors (Lipinski definition) is 0. The van der Waals surface area contributed by atoms with E-state index in [0.29, 0.717) is 10.1 Å². The molecule has 0 spiro atoms. The zero-order chi connectivity index (χ0) is 8.01. The molecule has 0 aromatic rings. The SMILES string of the molecule is ClC1=C(Cl)[C@H](Cl)[C@@H]2C=C[C@H]1O2. The normalized spacial score (nSPS) is 41.9. The Morgan fingerprint density at radius 3 is 2.64 bits per heavy atom. The summed E-state index contributed by atoms with van der Waals surface area (Å²) in [5.41, 5.74) is 0. The van der Waals surface area contributed by atoms with Crippen molar-refractivity contribution >= 4 is 34.8 Å². The Balaban J connectivity index is 2.41. The molecule has 3 atom stereocenters. The van der Waals surface area contributed by atoms with Gasteiger partial charge in [-0.25, -0.2) is 0 Å². The molecule has 0 aromatic carbocycles. The van der Waals surface area contributed by atoms with Gasteiger partial charge in [0, 0.05) is 0 Å². The Morgan fingerprint density at radius 2 is 1.91 bits per heavy atom. The average Bonchev–Trinajstić information content (AvgIpc) is 2.44. The van der Waals surface area contributed by atoms with Crippen LogP contribution in [0, 0.1) is 0 Å². The van der Waals surface area contributed by atoms with Crippen molar-refractivity contribution < 1.29 is 4.74 Å². The van der Waals surface area contributed by atoms with Crippen molar-refractivity contribution in [2.24, 2.45) is 0 Å². The molecule has 0 radical (unpaired) electrons. The number of hydrogen-bond acceptors (Lipinski definition) is 1. The molecular weight excluding hydrogens is 206 g/mol. The van der Waals surface area contributed by atoms with Gasteiger partial charge in [-0.2, -0.15) is 0 Å². The fourth-order valence-corrected chi connectivity index (χ4v) is 1.98. The summed E-state index contributed by atoms with van der Waals surface area (Å²) in [6.45, 7) is 0. The lowest BCUT2D eigenvalue weighted by Gasteiger charge is -2.24. The molecule has 0 saturated carbocycles. The van der Waals surface area contributed by atoms with Crippen LogP contribution in [-0.2, 0) is 4.74 Å². The highest BCUT2D eigenvalue weighted by Gasteiger charge is 2.36. The first-order valence-electron chi connectivity index (χ1n) is 3.23. The Morgan fingerprint density at radius 1 is 1.18 bits per heavy atom. The average molecular weight is 211 g/mol. The van der Waals surface area contributed by atoms with Crippen molar-refractivity contribution in [1.82, 2.24) is 0 Å². The maximum atomic E-state index is 5.90. The monoisotopic (exact) mass is 210 g/mol. The molecule has 0 unspecified atom stereocenters. The lowest BCUT2D eigenvalue weighted by molar-refractivity contribution is 0.0779. The van der Waals surface area contributed by atoms with Gasteiger partial charge in [0.05, 0.1) is 16.2 Å². The lowest BCUT2D eigenvalue weighted by Crippen LogP contribution is -2.28. The quantitative estimate of drug-likeness (QED) is 0.442. The van der Waals surface area contributed by atoms with E-state index < -0.39 is 0 Å². The molecule has 60 valence electrons. The molecule has 4 heteroatoms. The second-order valence-corrected chi connectivity index (χ2v) is 3.79. The third-order valence-corrected chi connectivity index (χ3v) is 3.32. The van der Waals surface area contributed by atoms with Crippen LogP contribution in [0.1, 0.15) is 0 Å². The zero-order valence-corrected chi connectivity index (χ0v) is 7.70. The van der Waals surface area contributed by atoms with Gasteiger partial charge in [0.15, 0.2) is 0 Å². The molecule has 0 saturated heterocycles. The molecule has 11 heavy (non-hydrogen) atoms. The summed E-state index contributed by atoms with van der Waals surface area (Å²) in [4.78, 5) is 0. The van der Waals surface area contributed by atoms with Gasteiger partial charge in [0.2, 0.25) is 0 Å². The summed E-state index contributed by atoms with van der Waals surface area (Å²) in [7, 11) is 0. The molecule has 2 aliphatic heterocycles. The first-order chi connectivity index (χ1) is 5.20. The fourth-order valence-electron chi connectivity index (χ4n) is 1.19. The zero-order valence-electron chi connectivity index (χ0n) is 5.43. The lowest BCUT2D eigenvalue weighted by atomic mass is 10.2. The van der Waals surface area contributed by atoms with Gasteiger partial charge in [-0.05, 0) is 0 Å². The third-order valence-electron chi connectivity index (χ3n) is 1.79. The van der Waals surface area contributed by atoms with Gasteiger partial charge >= 0.3 is 0 Å². The van der Waals surface area contributed by atoms with E-state index in [4.69, 9.17) is 39.5 Å². The number of alkyl halides is 1. The van der Waals surface area contributed by atoms with Crippen LogP contribution in [0.2, 0.25) is 0 Å². The van der Waals surface area contributed by atoms with E-state index in [2.05, 4.69) is 0 Å². The highest BCUT2D eigenvalue weighted by molar-refractivity contribution is 6.44. The molecule has 1 nitrogen and oxygen atoms in total. The fraction of sp³-hybridized carbons (Fsp3) is 0.429. The molecule has 0 aromatic heterocycles. The molecule has 2 bridgehead atoms. The van der Waals surface area contributed by atoms with Crippen molar-refractivity contribution in [2.75, 3.05) is 0 Å². The maximum absolute atomic E-state index is 5.90. The molecule has 0 fully saturated rings. The Kier molecular flexibility index (Phi) is 1.92. The highest BCUT2D eigenvalue weighted by atomic mass is 35.5. The topological polar surface area (TPSA) is 9.23 Å².